The fourth-order valence-electron chi connectivity index (χ4n) is 3.03. The maximum absolute atomic E-state index is 14.4. The highest BCUT2D eigenvalue weighted by Gasteiger charge is 2.22. The van der Waals surface area contributed by atoms with Gasteiger partial charge in [-0.1, -0.05) is 0 Å². The summed E-state index contributed by atoms with van der Waals surface area (Å²) in [7, 11) is 1.46. The van der Waals surface area contributed by atoms with Gasteiger partial charge in [-0.3, -0.25) is 9.59 Å². The number of methoxy groups -OCH3 is 1. The molecule has 0 bridgehead atoms. The van der Waals surface area contributed by atoms with Gasteiger partial charge in [-0.2, -0.15) is 0 Å². The molecular formula is C17H17FN2O3. The Labute approximate surface area is 132 Å². The van der Waals surface area contributed by atoms with E-state index in [1.165, 1.54) is 19.4 Å². The highest BCUT2D eigenvalue weighted by Crippen LogP contribution is 2.26. The summed E-state index contributed by atoms with van der Waals surface area (Å²) in [5, 5.41) is 0. The Morgan fingerprint density at radius 3 is 2.70 bits per heavy atom. The number of primary amides is 1. The van der Waals surface area contributed by atoms with Crippen molar-refractivity contribution in [3.8, 4) is 11.4 Å². The molecule has 0 saturated heterocycles. The molecule has 0 spiro atoms. The molecule has 1 aromatic carbocycles. The Hall–Kier alpha value is -2.63. The average Bonchev–Trinajstić information content (AvgIpc) is 2.55. The molecular weight excluding hydrogens is 299 g/mol. The molecule has 0 radical (unpaired) electrons. The molecule has 2 N–H and O–H groups in total. The summed E-state index contributed by atoms with van der Waals surface area (Å²) in [6.45, 7) is 0. The SMILES string of the molecule is COc1ccc(-n2cc(C(N)=O)c(=O)c3c2CCCC3)c(F)c1. The van der Waals surface area contributed by atoms with Crippen LogP contribution in [-0.4, -0.2) is 17.6 Å². The number of hydrogen-bond donors (Lipinski definition) is 1. The molecule has 1 amide bonds. The molecule has 120 valence electrons. The van der Waals surface area contributed by atoms with E-state index in [2.05, 4.69) is 0 Å². The van der Waals surface area contributed by atoms with Crippen LogP contribution in [0.15, 0.2) is 29.2 Å². The zero-order valence-corrected chi connectivity index (χ0v) is 12.8. The molecule has 0 fully saturated rings. The third kappa shape index (κ3) is 2.60. The molecule has 0 saturated carbocycles. The van der Waals surface area contributed by atoms with Gasteiger partial charge in [-0.05, 0) is 37.8 Å². The normalized spacial score (nSPS) is 13.5. The van der Waals surface area contributed by atoms with E-state index in [9.17, 15) is 14.0 Å². The van der Waals surface area contributed by atoms with Crippen LogP contribution >= 0.6 is 0 Å². The lowest BCUT2D eigenvalue weighted by atomic mass is 9.93. The lowest BCUT2D eigenvalue weighted by molar-refractivity contribution is 0.0998. The Morgan fingerprint density at radius 2 is 2.04 bits per heavy atom. The Kier molecular flexibility index (Phi) is 3.90. The number of fused-ring (bicyclic) bond motifs is 1. The van der Waals surface area contributed by atoms with E-state index >= 15 is 0 Å². The Morgan fingerprint density at radius 1 is 1.30 bits per heavy atom. The summed E-state index contributed by atoms with van der Waals surface area (Å²) < 4.78 is 21.0. The smallest absolute Gasteiger partial charge is 0.254 e. The van der Waals surface area contributed by atoms with E-state index in [4.69, 9.17) is 10.5 Å². The van der Waals surface area contributed by atoms with Crippen molar-refractivity contribution in [2.75, 3.05) is 7.11 Å². The number of nitrogens with zero attached hydrogens (tertiary/aromatic N) is 1. The van der Waals surface area contributed by atoms with Gasteiger partial charge >= 0.3 is 0 Å². The van der Waals surface area contributed by atoms with Gasteiger partial charge in [-0.25, -0.2) is 4.39 Å². The van der Waals surface area contributed by atoms with Crippen molar-refractivity contribution in [1.82, 2.24) is 4.57 Å². The lowest BCUT2D eigenvalue weighted by Gasteiger charge is -2.22. The number of benzene rings is 1. The molecule has 0 atom stereocenters. The quantitative estimate of drug-likeness (QED) is 0.940. The molecule has 1 aromatic heterocycles. The summed E-state index contributed by atoms with van der Waals surface area (Å²) in [5.41, 5.74) is 6.44. The number of pyridine rings is 1. The molecule has 23 heavy (non-hydrogen) atoms. The van der Waals surface area contributed by atoms with Gasteiger partial charge in [0, 0.05) is 23.5 Å². The van der Waals surface area contributed by atoms with E-state index in [1.54, 1.807) is 16.7 Å². The van der Waals surface area contributed by atoms with Crippen molar-refractivity contribution in [3.63, 3.8) is 0 Å². The molecule has 1 aliphatic carbocycles. The second kappa shape index (κ2) is 5.87. The zero-order chi connectivity index (χ0) is 16.6. The van der Waals surface area contributed by atoms with Crippen LogP contribution in [-0.2, 0) is 12.8 Å². The van der Waals surface area contributed by atoms with Crippen LogP contribution in [0.2, 0.25) is 0 Å². The second-order valence-corrected chi connectivity index (χ2v) is 5.56. The van der Waals surface area contributed by atoms with Crippen molar-refractivity contribution in [3.05, 3.63) is 57.3 Å². The third-order valence-electron chi connectivity index (χ3n) is 4.19. The van der Waals surface area contributed by atoms with Crippen LogP contribution in [0.5, 0.6) is 5.75 Å². The van der Waals surface area contributed by atoms with Crippen molar-refractivity contribution in [2.24, 2.45) is 5.73 Å². The first kappa shape index (κ1) is 15.3. The molecule has 6 heteroatoms. The number of carbonyl (C=O) groups is 1. The summed E-state index contributed by atoms with van der Waals surface area (Å²) in [5.74, 6) is -0.890. The number of nitrogens with two attached hydrogens (primary N) is 1. The van der Waals surface area contributed by atoms with E-state index in [0.717, 1.165) is 18.5 Å². The lowest BCUT2D eigenvalue weighted by Crippen LogP contribution is -2.30. The molecule has 1 heterocycles. The minimum Gasteiger partial charge on any atom is -0.497 e. The van der Waals surface area contributed by atoms with Gasteiger partial charge in [0.2, 0.25) is 0 Å². The number of ether oxygens (including phenoxy) is 1. The van der Waals surface area contributed by atoms with E-state index in [1.807, 2.05) is 0 Å². The molecule has 0 aliphatic heterocycles. The average molecular weight is 316 g/mol. The van der Waals surface area contributed by atoms with Crippen LogP contribution in [0.1, 0.15) is 34.5 Å². The van der Waals surface area contributed by atoms with Crippen LogP contribution < -0.4 is 15.9 Å². The molecule has 1 aliphatic rings. The fraction of sp³-hybridized carbons (Fsp3) is 0.294. The van der Waals surface area contributed by atoms with Crippen molar-refractivity contribution in [1.29, 1.82) is 0 Å². The number of rotatable bonds is 3. The van der Waals surface area contributed by atoms with Crippen molar-refractivity contribution >= 4 is 5.91 Å². The summed E-state index contributed by atoms with van der Waals surface area (Å²) in [6.07, 6.45) is 4.37. The summed E-state index contributed by atoms with van der Waals surface area (Å²) >= 11 is 0. The largest absolute Gasteiger partial charge is 0.497 e. The highest BCUT2D eigenvalue weighted by atomic mass is 19.1. The topological polar surface area (TPSA) is 74.3 Å². The number of amides is 1. The first-order valence-electron chi connectivity index (χ1n) is 7.44. The Balaban J connectivity index is 2.28. The monoisotopic (exact) mass is 316 g/mol. The van der Waals surface area contributed by atoms with Gasteiger partial charge in [0.25, 0.3) is 5.91 Å². The van der Waals surface area contributed by atoms with Gasteiger partial charge < -0.3 is 15.0 Å². The van der Waals surface area contributed by atoms with E-state index in [-0.39, 0.29) is 16.7 Å². The molecule has 3 rings (SSSR count). The van der Waals surface area contributed by atoms with Crippen molar-refractivity contribution < 1.29 is 13.9 Å². The predicted octanol–water partition coefficient (Wildman–Crippen LogP) is 1.96. The number of carbonyl (C=O) groups excluding carboxylic acids is 1. The molecule has 5 nitrogen and oxygen atoms in total. The minimum absolute atomic E-state index is 0.110. The minimum atomic E-state index is -0.800. The number of halogens is 1. The molecule has 2 aromatic rings. The standard InChI is InChI=1S/C17H17FN2O3/c1-23-10-6-7-15(13(18)8-10)20-9-12(17(19)22)16(21)11-4-2-3-5-14(11)20/h6-9H,2-5H2,1H3,(H2,19,22). The Bertz CT molecular complexity index is 842. The first-order chi connectivity index (χ1) is 11.0. The van der Waals surface area contributed by atoms with Gasteiger partial charge in [0.15, 0.2) is 11.2 Å². The van der Waals surface area contributed by atoms with Crippen LogP contribution in [0.3, 0.4) is 0 Å². The van der Waals surface area contributed by atoms with E-state index < -0.39 is 11.7 Å². The first-order valence-corrected chi connectivity index (χ1v) is 7.44. The maximum Gasteiger partial charge on any atom is 0.254 e. The zero-order valence-electron chi connectivity index (χ0n) is 12.8. The highest BCUT2D eigenvalue weighted by molar-refractivity contribution is 5.92. The van der Waals surface area contributed by atoms with Crippen molar-refractivity contribution in [2.45, 2.75) is 25.7 Å². The van der Waals surface area contributed by atoms with Gasteiger partial charge in [0.1, 0.15) is 11.3 Å². The summed E-state index contributed by atoms with van der Waals surface area (Å²) in [6, 6.07) is 4.47. The maximum atomic E-state index is 14.4. The molecule has 0 unspecified atom stereocenters. The van der Waals surface area contributed by atoms with Crippen LogP contribution in [0.4, 0.5) is 4.39 Å². The van der Waals surface area contributed by atoms with E-state index in [0.29, 0.717) is 24.2 Å². The van der Waals surface area contributed by atoms with Gasteiger partial charge in [0.05, 0.1) is 12.8 Å². The number of aromatic nitrogens is 1. The number of hydrogen-bond acceptors (Lipinski definition) is 3. The van der Waals surface area contributed by atoms with Gasteiger partial charge in [-0.15, -0.1) is 0 Å². The van der Waals surface area contributed by atoms with Crippen LogP contribution in [0, 0.1) is 5.82 Å². The third-order valence-corrected chi connectivity index (χ3v) is 4.19. The van der Waals surface area contributed by atoms with Crippen LogP contribution in [0.25, 0.3) is 5.69 Å². The second-order valence-electron chi connectivity index (χ2n) is 5.56. The summed E-state index contributed by atoms with van der Waals surface area (Å²) in [4.78, 5) is 24.0. The predicted molar refractivity (Wildman–Crippen MR) is 83.7 cm³/mol. The fourth-order valence-corrected chi connectivity index (χ4v) is 3.03.